The third-order valence-corrected chi connectivity index (χ3v) is 5.17. The number of hydrogen-bond donors (Lipinski definition) is 0. The molecule has 1 aliphatic rings. The average Bonchev–Trinajstić information content (AvgIpc) is 3.18. The highest BCUT2D eigenvalue weighted by Crippen LogP contribution is 2.35. The van der Waals surface area contributed by atoms with E-state index in [0.717, 1.165) is 16.8 Å². The highest BCUT2D eigenvalue weighted by atomic mass is 35.5. The van der Waals surface area contributed by atoms with E-state index in [2.05, 4.69) is 4.98 Å². The van der Waals surface area contributed by atoms with Crippen molar-refractivity contribution in [2.75, 3.05) is 11.4 Å². The number of oxazole rings is 1. The first-order valence-corrected chi connectivity index (χ1v) is 8.85. The van der Waals surface area contributed by atoms with Crippen LogP contribution >= 0.6 is 23.2 Å². The Balaban J connectivity index is 1.76. The number of carbonyl (C=O) groups is 2. The molecule has 0 bridgehead atoms. The second-order valence-corrected chi connectivity index (χ2v) is 7.10. The Kier molecular flexibility index (Phi) is 4.21. The molecule has 0 spiro atoms. The van der Waals surface area contributed by atoms with Crippen LogP contribution in [0.2, 0.25) is 5.02 Å². The number of fused-ring (bicyclic) bond motifs is 1. The molecule has 1 atom stereocenters. The molecule has 0 N–H and O–H groups in total. The van der Waals surface area contributed by atoms with Gasteiger partial charge in [-0.2, -0.15) is 0 Å². The fraction of sp³-hybridized carbons (Fsp3) is 0.211. The van der Waals surface area contributed by atoms with Crippen molar-refractivity contribution in [1.82, 2.24) is 4.98 Å². The number of carbonyl (C=O) groups excluding carboxylic acids is 2. The number of anilines is 1. The smallest absolute Gasteiger partial charge is 0.227 e. The van der Waals surface area contributed by atoms with E-state index in [1.807, 2.05) is 25.1 Å². The Morgan fingerprint density at radius 2 is 2.12 bits per heavy atom. The number of aromatic nitrogens is 1. The van der Waals surface area contributed by atoms with Crippen molar-refractivity contribution in [2.45, 2.75) is 13.3 Å². The molecule has 2 aromatic carbocycles. The lowest BCUT2D eigenvalue weighted by molar-refractivity contribution is -0.120. The molecule has 1 amide bonds. The van der Waals surface area contributed by atoms with Gasteiger partial charge in [-0.25, -0.2) is 4.98 Å². The molecule has 5 nitrogen and oxygen atoms in total. The first kappa shape index (κ1) is 17.1. The molecule has 7 heteroatoms. The van der Waals surface area contributed by atoms with Crippen molar-refractivity contribution < 1.29 is 14.0 Å². The minimum Gasteiger partial charge on any atom is -0.436 e. The van der Waals surface area contributed by atoms with Crippen LogP contribution in [0.4, 0.5) is 5.69 Å². The second kappa shape index (κ2) is 6.41. The van der Waals surface area contributed by atoms with Gasteiger partial charge in [-0.1, -0.05) is 17.7 Å². The summed E-state index contributed by atoms with van der Waals surface area (Å²) in [6, 6.07) is 10.8. The molecule has 1 aromatic heterocycles. The molecule has 3 aromatic rings. The summed E-state index contributed by atoms with van der Waals surface area (Å²) in [7, 11) is 0. The molecule has 1 unspecified atom stereocenters. The van der Waals surface area contributed by atoms with Gasteiger partial charge in [-0.3, -0.25) is 9.59 Å². The maximum Gasteiger partial charge on any atom is 0.227 e. The van der Waals surface area contributed by atoms with E-state index >= 15 is 0 Å². The maximum absolute atomic E-state index is 12.3. The monoisotopic (exact) mass is 388 g/mol. The predicted octanol–water partition coefficient (Wildman–Crippen LogP) is 4.57. The Hall–Kier alpha value is -2.37. The van der Waals surface area contributed by atoms with Crippen LogP contribution in [-0.2, 0) is 9.59 Å². The number of benzene rings is 2. The van der Waals surface area contributed by atoms with E-state index in [0.29, 0.717) is 22.0 Å². The molecule has 2 heterocycles. The van der Waals surface area contributed by atoms with Gasteiger partial charge in [0.2, 0.25) is 17.0 Å². The second-order valence-electron chi connectivity index (χ2n) is 6.29. The molecule has 0 aliphatic carbocycles. The molecule has 26 heavy (non-hydrogen) atoms. The summed E-state index contributed by atoms with van der Waals surface area (Å²) in [4.78, 5) is 29.9. The molecule has 1 fully saturated rings. The van der Waals surface area contributed by atoms with Gasteiger partial charge in [0.15, 0.2) is 5.58 Å². The highest BCUT2D eigenvalue weighted by Gasteiger charge is 2.35. The fourth-order valence-electron chi connectivity index (χ4n) is 3.26. The number of amides is 1. The first-order valence-electron chi connectivity index (χ1n) is 8.10. The maximum atomic E-state index is 12.3. The predicted molar refractivity (Wildman–Crippen MR) is 101 cm³/mol. The van der Waals surface area contributed by atoms with E-state index in [1.54, 1.807) is 23.1 Å². The molecule has 132 valence electrons. The zero-order valence-electron chi connectivity index (χ0n) is 13.8. The van der Waals surface area contributed by atoms with Gasteiger partial charge in [0, 0.05) is 29.2 Å². The van der Waals surface area contributed by atoms with Crippen molar-refractivity contribution in [1.29, 1.82) is 0 Å². The van der Waals surface area contributed by atoms with Crippen LogP contribution in [-0.4, -0.2) is 22.7 Å². The van der Waals surface area contributed by atoms with E-state index < -0.39 is 11.2 Å². The summed E-state index contributed by atoms with van der Waals surface area (Å²) in [6.45, 7) is 2.18. The SMILES string of the molecule is Cc1c(-c2nc3cc(Cl)ccc3o2)cccc1N1CC(C(=O)Cl)CC1=O. The molecule has 1 aliphatic heterocycles. The fourth-order valence-corrected chi connectivity index (χ4v) is 3.57. The van der Waals surface area contributed by atoms with Crippen molar-refractivity contribution in [2.24, 2.45) is 5.92 Å². The lowest BCUT2D eigenvalue weighted by Gasteiger charge is -2.20. The van der Waals surface area contributed by atoms with Gasteiger partial charge in [0.1, 0.15) is 5.52 Å². The van der Waals surface area contributed by atoms with Gasteiger partial charge in [0.05, 0.1) is 5.92 Å². The third-order valence-electron chi connectivity index (χ3n) is 4.62. The molecule has 1 saturated heterocycles. The van der Waals surface area contributed by atoms with E-state index in [-0.39, 0.29) is 18.9 Å². The number of halogens is 2. The number of rotatable bonds is 3. The van der Waals surface area contributed by atoms with Crippen LogP contribution in [0.25, 0.3) is 22.6 Å². The number of nitrogens with zero attached hydrogens (tertiary/aromatic N) is 2. The van der Waals surface area contributed by atoms with Crippen molar-refractivity contribution in [3.63, 3.8) is 0 Å². The molecule has 0 saturated carbocycles. The van der Waals surface area contributed by atoms with Crippen LogP contribution in [0, 0.1) is 12.8 Å². The summed E-state index contributed by atoms with van der Waals surface area (Å²) < 4.78 is 5.85. The van der Waals surface area contributed by atoms with Crippen LogP contribution in [0.3, 0.4) is 0 Å². The van der Waals surface area contributed by atoms with Crippen molar-refractivity contribution >= 4 is 51.1 Å². The Labute approximate surface area is 159 Å². The van der Waals surface area contributed by atoms with E-state index in [9.17, 15) is 9.59 Å². The zero-order valence-corrected chi connectivity index (χ0v) is 15.3. The number of hydrogen-bond acceptors (Lipinski definition) is 4. The topological polar surface area (TPSA) is 63.4 Å². The van der Waals surface area contributed by atoms with Gasteiger partial charge in [-0.05, 0) is 54.4 Å². The average molecular weight is 389 g/mol. The Morgan fingerprint density at radius 3 is 2.85 bits per heavy atom. The van der Waals surface area contributed by atoms with Crippen LogP contribution in [0.15, 0.2) is 40.8 Å². The largest absolute Gasteiger partial charge is 0.436 e. The van der Waals surface area contributed by atoms with Gasteiger partial charge in [-0.15, -0.1) is 0 Å². The Bertz CT molecular complexity index is 1040. The minimum absolute atomic E-state index is 0.117. The summed E-state index contributed by atoms with van der Waals surface area (Å²) in [5.74, 6) is -0.134. The van der Waals surface area contributed by atoms with Crippen molar-refractivity contribution in [3.05, 3.63) is 47.0 Å². The summed E-state index contributed by atoms with van der Waals surface area (Å²) in [6.07, 6.45) is 0.132. The highest BCUT2D eigenvalue weighted by molar-refractivity contribution is 6.64. The Morgan fingerprint density at radius 1 is 1.31 bits per heavy atom. The van der Waals surface area contributed by atoms with E-state index in [4.69, 9.17) is 27.6 Å². The van der Waals surface area contributed by atoms with E-state index in [1.165, 1.54) is 0 Å². The summed E-state index contributed by atoms with van der Waals surface area (Å²) >= 11 is 11.6. The first-order chi connectivity index (χ1) is 12.4. The summed E-state index contributed by atoms with van der Waals surface area (Å²) in [5, 5.41) is 0.104. The van der Waals surface area contributed by atoms with Gasteiger partial charge in [0.25, 0.3) is 0 Å². The van der Waals surface area contributed by atoms with Crippen molar-refractivity contribution in [3.8, 4) is 11.5 Å². The lowest BCUT2D eigenvalue weighted by Crippen LogP contribution is -2.26. The van der Waals surface area contributed by atoms with Gasteiger partial charge < -0.3 is 9.32 Å². The summed E-state index contributed by atoms with van der Waals surface area (Å²) in [5.41, 5.74) is 3.67. The molecule has 4 rings (SSSR count). The van der Waals surface area contributed by atoms with Crippen LogP contribution < -0.4 is 4.90 Å². The lowest BCUT2D eigenvalue weighted by atomic mass is 10.1. The third kappa shape index (κ3) is 2.87. The quantitative estimate of drug-likeness (QED) is 0.616. The molecular weight excluding hydrogens is 375 g/mol. The molecule has 0 radical (unpaired) electrons. The molecular formula is C19H14Cl2N2O3. The zero-order chi connectivity index (χ0) is 18.4. The standard InChI is InChI=1S/C19H14Cl2N2O3/c1-10-13(19-22-14-8-12(20)5-6-16(14)26-19)3-2-4-15(10)23-9-11(18(21)25)7-17(23)24/h2-6,8,11H,7,9H2,1H3. The minimum atomic E-state index is -0.481. The van der Waals surface area contributed by atoms with Crippen LogP contribution in [0.5, 0.6) is 0 Å². The van der Waals surface area contributed by atoms with Gasteiger partial charge >= 0.3 is 0 Å². The normalized spacial score (nSPS) is 17.3. The van der Waals surface area contributed by atoms with Crippen LogP contribution in [0.1, 0.15) is 12.0 Å².